The molecule has 0 bridgehead atoms. The van der Waals surface area contributed by atoms with Crippen molar-refractivity contribution >= 4 is 34.8 Å². The lowest BCUT2D eigenvalue weighted by Crippen LogP contribution is -2.14. The number of hydrogen-bond donors (Lipinski definition) is 1. The van der Waals surface area contributed by atoms with Gasteiger partial charge in [0.2, 0.25) is 0 Å². The van der Waals surface area contributed by atoms with Crippen LogP contribution in [0, 0.1) is 20.8 Å². The summed E-state index contributed by atoms with van der Waals surface area (Å²) in [6.07, 6.45) is 0. The van der Waals surface area contributed by atoms with Crippen molar-refractivity contribution in [2.24, 2.45) is 0 Å². The molecule has 1 heterocycles. The minimum Gasteiger partial charge on any atom is -0.487 e. The molecule has 7 heteroatoms. The summed E-state index contributed by atoms with van der Waals surface area (Å²) in [5.74, 6) is 0.410. The van der Waals surface area contributed by atoms with Crippen molar-refractivity contribution in [2.75, 3.05) is 5.32 Å². The van der Waals surface area contributed by atoms with Crippen LogP contribution in [0.3, 0.4) is 0 Å². The van der Waals surface area contributed by atoms with E-state index in [4.69, 9.17) is 27.9 Å². The Balaban J connectivity index is 1.47. The molecule has 5 nitrogen and oxygen atoms in total. The zero-order chi connectivity index (χ0) is 24.2. The van der Waals surface area contributed by atoms with Gasteiger partial charge in [0.1, 0.15) is 12.4 Å². The number of nitrogens with zero attached hydrogens (tertiary/aromatic N) is 2. The van der Waals surface area contributed by atoms with Gasteiger partial charge in [-0.25, -0.2) is 0 Å². The molecule has 3 aromatic carbocycles. The van der Waals surface area contributed by atoms with Gasteiger partial charge >= 0.3 is 0 Å². The molecule has 4 rings (SSSR count). The average molecular weight is 494 g/mol. The van der Waals surface area contributed by atoms with Crippen LogP contribution in [0.15, 0.2) is 66.7 Å². The summed E-state index contributed by atoms with van der Waals surface area (Å²) in [5.41, 5.74) is 5.74. The Kier molecular flexibility index (Phi) is 7.25. The number of benzene rings is 3. The van der Waals surface area contributed by atoms with Gasteiger partial charge in [-0.1, -0.05) is 59.6 Å². The van der Waals surface area contributed by atoms with E-state index in [-0.39, 0.29) is 5.91 Å². The second-order valence-electron chi connectivity index (χ2n) is 8.17. The van der Waals surface area contributed by atoms with Crippen LogP contribution in [0.2, 0.25) is 10.0 Å². The number of hydrogen-bond acceptors (Lipinski definition) is 3. The molecule has 0 unspecified atom stereocenters. The van der Waals surface area contributed by atoms with Crippen molar-refractivity contribution in [2.45, 2.75) is 33.9 Å². The Hall–Kier alpha value is -3.28. The van der Waals surface area contributed by atoms with E-state index in [2.05, 4.69) is 10.4 Å². The largest absolute Gasteiger partial charge is 0.487 e. The van der Waals surface area contributed by atoms with Crippen molar-refractivity contribution in [3.8, 4) is 5.75 Å². The predicted molar refractivity (Wildman–Crippen MR) is 137 cm³/mol. The highest BCUT2D eigenvalue weighted by Gasteiger charge is 2.16. The fourth-order valence-electron chi connectivity index (χ4n) is 3.69. The SMILES string of the molecule is Cc1ccc(Cl)c(OCc2cccc(C(=O)Nc3c(C)nn(Cc4ccccc4Cl)c3C)c2)c1. The molecule has 34 heavy (non-hydrogen) atoms. The number of rotatable bonds is 7. The van der Waals surface area contributed by atoms with Crippen LogP contribution in [-0.4, -0.2) is 15.7 Å². The Labute approximate surface area is 209 Å². The predicted octanol–water partition coefficient (Wildman–Crippen LogP) is 6.99. The summed E-state index contributed by atoms with van der Waals surface area (Å²) in [6, 6.07) is 20.6. The molecule has 0 aliphatic carbocycles. The quantitative estimate of drug-likeness (QED) is 0.301. The van der Waals surface area contributed by atoms with Crippen LogP contribution in [-0.2, 0) is 13.2 Å². The zero-order valence-electron chi connectivity index (χ0n) is 19.2. The molecule has 4 aromatic rings. The van der Waals surface area contributed by atoms with E-state index in [1.165, 1.54) is 0 Å². The lowest BCUT2D eigenvalue weighted by Gasteiger charge is -2.11. The minimum atomic E-state index is -0.209. The van der Waals surface area contributed by atoms with E-state index >= 15 is 0 Å². The highest BCUT2D eigenvalue weighted by molar-refractivity contribution is 6.32. The van der Waals surface area contributed by atoms with Gasteiger partial charge in [0, 0.05) is 10.6 Å². The topological polar surface area (TPSA) is 56.1 Å². The Morgan fingerprint density at radius 3 is 2.56 bits per heavy atom. The van der Waals surface area contributed by atoms with Gasteiger partial charge in [-0.15, -0.1) is 0 Å². The molecule has 0 atom stereocenters. The smallest absolute Gasteiger partial charge is 0.255 e. The van der Waals surface area contributed by atoms with Crippen LogP contribution >= 0.6 is 23.2 Å². The number of ether oxygens (including phenoxy) is 1. The molecule has 0 fully saturated rings. The molecule has 0 aliphatic heterocycles. The lowest BCUT2D eigenvalue weighted by molar-refractivity contribution is 0.102. The van der Waals surface area contributed by atoms with Gasteiger partial charge in [-0.3, -0.25) is 9.48 Å². The van der Waals surface area contributed by atoms with E-state index < -0.39 is 0 Å². The molecule has 1 aromatic heterocycles. The standard InChI is InChI=1S/C27H25Cl2N3O2/c1-17-11-12-24(29)25(13-17)34-16-20-7-6-9-21(14-20)27(33)30-26-18(2)31-32(19(26)3)15-22-8-4-5-10-23(22)28/h4-14H,15-16H2,1-3H3,(H,30,33). The maximum Gasteiger partial charge on any atom is 0.255 e. The molecule has 0 radical (unpaired) electrons. The van der Waals surface area contributed by atoms with Gasteiger partial charge < -0.3 is 10.1 Å². The molecule has 1 amide bonds. The summed E-state index contributed by atoms with van der Waals surface area (Å²) in [6.45, 7) is 6.62. The maximum atomic E-state index is 13.0. The number of aryl methyl sites for hydroxylation is 2. The fourth-order valence-corrected chi connectivity index (χ4v) is 4.06. The number of halogens is 2. The normalized spacial score (nSPS) is 10.9. The third-order valence-electron chi connectivity index (χ3n) is 5.57. The molecule has 0 aliphatic rings. The monoisotopic (exact) mass is 493 g/mol. The van der Waals surface area contributed by atoms with Crippen molar-refractivity contribution < 1.29 is 9.53 Å². The molecule has 0 saturated carbocycles. The Morgan fingerprint density at radius 1 is 0.971 bits per heavy atom. The maximum absolute atomic E-state index is 13.0. The van der Waals surface area contributed by atoms with Gasteiger partial charge in [-0.2, -0.15) is 5.10 Å². The number of carbonyl (C=O) groups is 1. The fraction of sp³-hybridized carbons (Fsp3) is 0.185. The first kappa shape index (κ1) is 23.9. The van der Waals surface area contributed by atoms with Crippen LogP contribution in [0.5, 0.6) is 5.75 Å². The zero-order valence-corrected chi connectivity index (χ0v) is 20.7. The van der Waals surface area contributed by atoms with E-state index in [0.29, 0.717) is 40.2 Å². The number of amides is 1. The van der Waals surface area contributed by atoms with Crippen molar-refractivity contribution in [3.63, 3.8) is 0 Å². The summed E-state index contributed by atoms with van der Waals surface area (Å²) >= 11 is 12.5. The molecule has 1 N–H and O–H groups in total. The second-order valence-corrected chi connectivity index (χ2v) is 8.99. The van der Waals surface area contributed by atoms with E-state index in [1.807, 2.05) is 86.1 Å². The van der Waals surface area contributed by atoms with Crippen LogP contribution in [0.25, 0.3) is 0 Å². The third-order valence-corrected chi connectivity index (χ3v) is 6.25. The molecule has 0 saturated heterocycles. The van der Waals surface area contributed by atoms with Gasteiger partial charge in [0.15, 0.2) is 0 Å². The third kappa shape index (κ3) is 5.44. The molecule has 174 valence electrons. The van der Waals surface area contributed by atoms with E-state index in [0.717, 1.165) is 28.1 Å². The number of aromatic nitrogens is 2. The highest BCUT2D eigenvalue weighted by Crippen LogP contribution is 2.27. The van der Waals surface area contributed by atoms with Crippen molar-refractivity contribution in [1.82, 2.24) is 9.78 Å². The number of carbonyl (C=O) groups excluding carboxylic acids is 1. The molecular formula is C27H25Cl2N3O2. The Morgan fingerprint density at radius 2 is 1.76 bits per heavy atom. The first-order valence-electron chi connectivity index (χ1n) is 10.9. The van der Waals surface area contributed by atoms with Gasteiger partial charge in [0.05, 0.1) is 28.6 Å². The van der Waals surface area contributed by atoms with Crippen molar-refractivity contribution in [3.05, 3.63) is 110 Å². The molecular weight excluding hydrogens is 469 g/mol. The lowest BCUT2D eigenvalue weighted by atomic mass is 10.1. The number of anilines is 1. The summed E-state index contributed by atoms with van der Waals surface area (Å²) in [5, 5.41) is 8.86. The second kappa shape index (κ2) is 10.3. The summed E-state index contributed by atoms with van der Waals surface area (Å²) in [4.78, 5) is 13.0. The minimum absolute atomic E-state index is 0.209. The number of nitrogens with one attached hydrogen (secondary N) is 1. The Bertz CT molecular complexity index is 1350. The van der Waals surface area contributed by atoms with Crippen LogP contribution in [0.1, 0.15) is 38.4 Å². The highest BCUT2D eigenvalue weighted by atomic mass is 35.5. The van der Waals surface area contributed by atoms with Gasteiger partial charge in [-0.05, 0) is 67.8 Å². The van der Waals surface area contributed by atoms with Crippen molar-refractivity contribution in [1.29, 1.82) is 0 Å². The van der Waals surface area contributed by atoms with Crippen LogP contribution < -0.4 is 10.1 Å². The van der Waals surface area contributed by atoms with Gasteiger partial charge in [0.25, 0.3) is 5.91 Å². The summed E-state index contributed by atoms with van der Waals surface area (Å²) < 4.78 is 7.73. The first-order chi connectivity index (χ1) is 16.3. The van der Waals surface area contributed by atoms with Crippen LogP contribution in [0.4, 0.5) is 5.69 Å². The average Bonchev–Trinajstić information content (AvgIpc) is 3.08. The van der Waals surface area contributed by atoms with E-state index in [9.17, 15) is 4.79 Å². The van der Waals surface area contributed by atoms with E-state index in [1.54, 1.807) is 6.07 Å². The first-order valence-corrected chi connectivity index (χ1v) is 11.6. The molecule has 0 spiro atoms. The summed E-state index contributed by atoms with van der Waals surface area (Å²) in [7, 11) is 0.